The number of thioether (sulfide) groups is 1. The smallest absolute Gasteiger partial charge is 0.238 e. The zero-order chi connectivity index (χ0) is 14.0. The van der Waals surface area contributed by atoms with Crippen LogP contribution in [0.3, 0.4) is 0 Å². The molecule has 1 atom stereocenters. The van der Waals surface area contributed by atoms with Gasteiger partial charge < -0.3 is 10.6 Å². The first-order chi connectivity index (χ1) is 8.95. The van der Waals surface area contributed by atoms with Gasteiger partial charge in [0.1, 0.15) is 0 Å². The van der Waals surface area contributed by atoms with Crippen LogP contribution >= 0.6 is 23.4 Å². The second kappa shape index (κ2) is 5.84. The number of halogens is 1. The first-order valence-corrected chi connectivity index (χ1v) is 7.28. The van der Waals surface area contributed by atoms with Gasteiger partial charge in [0.2, 0.25) is 11.8 Å². The molecule has 4 nitrogen and oxygen atoms in total. The molecule has 0 saturated heterocycles. The summed E-state index contributed by atoms with van der Waals surface area (Å²) in [4.78, 5) is 24.6. The van der Waals surface area contributed by atoms with Crippen molar-refractivity contribution in [3.63, 3.8) is 0 Å². The maximum Gasteiger partial charge on any atom is 0.238 e. The molecule has 6 heteroatoms. The molecule has 102 valence electrons. The zero-order valence-electron chi connectivity index (χ0n) is 10.7. The van der Waals surface area contributed by atoms with Gasteiger partial charge in [-0.2, -0.15) is 0 Å². The molecular weight excluding hydrogens is 284 g/mol. The van der Waals surface area contributed by atoms with E-state index in [0.29, 0.717) is 10.7 Å². The molecule has 1 aliphatic rings. The fraction of sp³-hybridized carbons (Fsp3) is 0.385. The molecule has 2 rings (SSSR count). The summed E-state index contributed by atoms with van der Waals surface area (Å²) in [5.41, 5.74) is 0.711. The van der Waals surface area contributed by atoms with E-state index in [9.17, 15) is 9.59 Å². The van der Waals surface area contributed by atoms with Gasteiger partial charge in [-0.15, -0.1) is 11.8 Å². The second-order valence-electron chi connectivity index (χ2n) is 4.66. The number of anilines is 1. The van der Waals surface area contributed by atoms with E-state index in [0.717, 1.165) is 4.90 Å². The minimum Gasteiger partial charge on any atom is -0.354 e. The average Bonchev–Trinajstić information content (AvgIpc) is 2.29. The largest absolute Gasteiger partial charge is 0.354 e. The Morgan fingerprint density at radius 3 is 2.95 bits per heavy atom. The molecule has 0 fully saturated rings. The third-order valence-electron chi connectivity index (χ3n) is 2.58. The molecule has 1 aromatic rings. The van der Waals surface area contributed by atoms with Crippen LogP contribution in [0.5, 0.6) is 0 Å². The number of carbonyl (C=O) groups excluding carboxylic acids is 2. The van der Waals surface area contributed by atoms with Gasteiger partial charge in [0.05, 0.1) is 10.9 Å². The Kier molecular flexibility index (Phi) is 4.37. The Hall–Kier alpha value is -1.20. The lowest BCUT2D eigenvalue weighted by Crippen LogP contribution is -2.37. The van der Waals surface area contributed by atoms with Crippen molar-refractivity contribution in [2.75, 3.05) is 5.32 Å². The van der Waals surface area contributed by atoms with E-state index in [1.54, 1.807) is 12.1 Å². The van der Waals surface area contributed by atoms with Crippen molar-refractivity contribution in [1.29, 1.82) is 0 Å². The highest BCUT2D eigenvalue weighted by Gasteiger charge is 2.29. The van der Waals surface area contributed by atoms with Crippen LogP contribution in [0, 0.1) is 0 Å². The molecule has 2 N–H and O–H groups in total. The highest BCUT2D eigenvalue weighted by molar-refractivity contribution is 8.01. The van der Waals surface area contributed by atoms with Crippen LogP contribution in [0.1, 0.15) is 20.3 Å². The summed E-state index contributed by atoms with van der Waals surface area (Å²) < 4.78 is 0. The average molecular weight is 299 g/mol. The standard InChI is InChI=1S/C13H15ClN2O2S/c1-7(2)15-12(17)6-11-13(18)16-9-5-8(14)3-4-10(9)19-11/h3-5,7,11H,6H2,1-2H3,(H,15,17)(H,16,18)/t11-/m0/s1. The predicted molar refractivity (Wildman–Crippen MR) is 77.6 cm³/mol. The van der Waals surface area contributed by atoms with Crippen LogP contribution in [0.15, 0.2) is 23.1 Å². The number of fused-ring (bicyclic) bond motifs is 1. The monoisotopic (exact) mass is 298 g/mol. The normalized spacial score (nSPS) is 17.9. The van der Waals surface area contributed by atoms with Crippen LogP contribution < -0.4 is 10.6 Å². The second-order valence-corrected chi connectivity index (χ2v) is 6.34. The minimum absolute atomic E-state index is 0.0789. The summed E-state index contributed by atoms with van der Waals surface area (Å²) in [6.45, 7) is 3.78. The molecule has 0 spiro atoms. The van der Waals surface area contributed by atoms with Crippen LogP contribution in [-0.4, -0.2) is 23.1 Å². The van der Waals surface area contributed by atoms with Crippen molar-refractivity contribution in [1.82, 2.24) is 5.32 Å². The summed E-state index contributed by atoms with van der Waals surface area (Å²) >= 11 is 7.28. The van der Waals surface area contributed by atoms with Crippen LogP contribution in [-0.2, 0) is 9.59 Å². The molecule has 2 amide bonds. The SMILES string of the molecule is CC(C)NC(=O)C[C@@H]1Sc2ccc(Cl)cc2NC1=O. The van der Waals surface area contributed by atoms with Crippen molar-refractivity contribution >= 4 is 40.9 Å². The first-order valence-electron chi connectivity index (χ1n) is 6.02. The molecule has 0 aliphatic carbocycles. The molecule has 0 unspecified atom stereocenters. The lowest BCUT2D eigenvalue weighted by Gasteiger charge is -2.24. The van der Waals surface area contributed by atoms with E-state index in [1.165, 1.54) is 11.8 Å². The lowest BCUT2D eigenvalue weighted by molar-refractivity contribution is -0.124. The molecule has 19 heavy (non-hydrogen) atoms. The molecule has 0 radical (unpaired) electrons. The van der Waals surface area contributed by atoms with Crippen LogP contribution in [0.4, 0.5) is 5.69 Å². The number of hydrogen-bond donors (Lipinski definition) is 2. The molecule has 0 aromatic heterocycles. The predicted octanol–water partition coefficient (Wildman–Crippen LogP) is 2.67. The topological polar surface area (TPSA) is 58.2 Å². The van der Waals surface area contributed by atoms with Crippen molar-refractivity contribution in [2.45, 2.75) is 36.5 Å². The third-order valence-corrected chi connectivity index (χ3v) is 4.09. The highest BCUT2D eigenvalue weighted by Crippen LogP contribution is 2.38. The Labute approximate surface area is 121 Å². The molecule has 0 bridgehead atoms. The van der Waals surface area contributed by atoms with Gasteiger partial charge in [-0.25, -0.2) is 0 Å². The Morgan fingerprint density at radius 1 is 1.53 bits per heavy atom. The van der Waals surface area contributed by atoms with E-state index in [2.05, 4.69) is 10.6 Å². The number of hydrogen-bond acceptors (Lipinski definition) is 3. The Morgan fingerprint density at radius 2 is 2.26 bits per heavy atom. The van der Waals surface area contributed by atoms with Gasteiger partial charge in [-0.05, 0) is 32.0 Å². The van der Waals surface area contributed by atoms with E-state index in [-0.39, 0.29) is 24.3 Å². The van der Waals surface area contributed by atoms with Crippen molar-refractivity contribution in [2.24, 2.45) is 0 Å². The molecule has 0 saturated carbocycles. The zero-order valence-corrected chi connectivity index (χ0v) is 12.3. The maximum atomic E-state index is 11.9. The number of rotatable bonds is 3. The third kappa shape index (κ3) is 3.64. The van der Waals surface area contributed by atoms with Gasteiger partial charge in [0.15, 0.2) is 0 Å². The molecular formula is C13H15ClN2O2S. The van der Waals surface area contributed by atoms with E-state index in [1.807, 2.05) is 19.9 Å². The first kappa shape index (κ1) is 14.2. The van der Waals surface area contributed by atoms with E-state index < -0.39 is 5.25 Å². The molecule has 1 aromatic carbocycles. The van der Waals surface area contributed by atoms with Gasteiger partial charge in [0.25, 0.3) is 0 Å². The van der Waals surface area contributed by atoms with Crippen molar-refractivity contribution in [3.8, 4) is 0 Å². The summed E-state index contributed by atoms with van der Waals surface area (Å²) in [6, 6.07) is 5.42. The fourth-order valence-electron chi connectivity index (χ4n) is 1.81. The van der Waals surface area contributed by atoms with Gasteiger partial charge in [-0.1, -0.05) is 11.6 Å². The van der Waals surface area contributed by atoms with Gasteiger partial charge in [0, 0.05) is 22.4 Å². The molecule has 1 aliphatic heterocycles. The summed E-state index contributed by atoms with van der Waals surface area (Å²) in [7, 11) is 0. The van der Waals surface area contributed by atoms with Crippen molar-refractivity contribution < 1.29 is 9.59 Å². The Bertz CT molecular complexity index is 519. The number of benzene rings is 1. The summed E-state index contributed by atoms with van der Waals surface area (Å²) in [5.74, 6) is -0.265. The van der Waals surface area contributed by atoms with E-state index in [4.69, 9.17) is 11.6 Å². The van der Waals surface area contributed by atoms with Gasteiger partial charge >= 0.3 is 0 Å². The molecule has 1 heterocycles. The summed E-state index contributed by atoms with van der Waals surface area (Å²) in [5, 5.41) is 5.76. The fourth-order valence-corrected chi connectivity index (χ4v) is 3.07. The Balaban J connectivity index is 2.07. The van der Waals surface area contributed by atoms with Crippen molar-refractivity contribution in [3.05, 3.63) is 23.2 Å². The maximum absolute atomic E-state index is 11.9. The number of amides is 2. The lowest BCUT2D eigenvalue weighted by atomic mass is 10.2. The van der Waals surface area contributed by atoms with Crippen LogP contribution in [0.2, 0.25) is 5.02 Å². The van der Waals surface area contributed by atoms with Crippen LogP contribution in [0.25, 0.3) is 0 Å². The number of carbonyl (C=O) groups is 2. The van der Waals surface area contributed by atoms with E-state index >= 15 is 0 Å². The number of nitrogens with one attached hydrogen (secondary N) is 2. The quantitative estimate of drug-likeness (QED) is 0.902. The summed E-state index contributed by atoms with van der Waals surface area (Å²) in [6.07, 6.45) is 0.177. The van der Waals surface area contributed by atoms with Gasteiger partial charge in [-0.3, -0.25) is 9.59 Å². The minimum atomic E-state index is -0.396. The highest BCUT2D eigenvalue weighted by atomic mass is 35.5.